The summed E-state index contributed by atoms with van der Waals surface area (Å²) in [6.45, 7) is 8.73. The van der Waals surface area contributed by atoms with Gasteiger partial charge >= 0.3 is 0 Å². The molecule has 2 aliphatic rings. The van der Waals surface area contributed by atoms with Crippen LogP contribution < -0.4 is 14.2 Å². The maximum Gasteiger partial charge on any atom is 0.231 e. The molecule has 0 saturated carbocycles. The van der Waals surface area contributed by atoms with Gasteiger partial charge in [-0.25, -0.2) is 0 Å². The molecule has 0 fully saturated rings. The van der Waals surface area contributed by atoms with Gasteiger partial charge in [0.1, 0.15) is 11.4 Å². The minimum atomic E-state index is -0.0854. The van der Waals surface area contributed by atoms with Gasteiger partial charge < -0.3 is 14.2 Å². The SMILES string of the molecule is Cc1c2c(c(C)c3c1OCO3)OC(C)(C)CC2. The van der Waals surface area contributed by atoms with E-state index in [2.05, 4.69) is 20.8 Å². The summed E-state index contributed by atoms with van der Waals surface area (Å²) in [5.41, 5.74) is 3.45. The maximum absolute atomic E-state index is 6.12. The minimum Gasteiger partial charge on any atom is -0.487 e. The topological polar surface area (TPSA) is 27.7 Å². The fourth-order valence-electron chi connectivity index (χ4n) is 2.66. The van der Waals surface area contributed by atoms with Crippen LogP contribution in [0.1, 0.15) is 37.0 Å². The third-order valence-corrected chi connectivity index (χ3v) is 3.72. The van der Waals surface area contributed by atoms with Gasteiger partial charge in [-0.05, 0) is 40.5 Å². The van der Waals surface area contributed by atoms with E-state index in [1.165, 1.54) is 11.1 Å². The van der Waals surface area contributed by atoms with Gasteiger partial charge in [0, 0.05) is 16.7 Å². The zero-order valence-corrected chi connectivity index (χ0v) is 10.8. The Bertz CT molecular complexity index is 489. The molecule has 0 N–H and O–H groups in total. The van der Waals surface area contributed by atoms with Gasteiger partial charge in [0.2, 0.25) is 6.79 Å². The lowest BCUT2D eigenvalue weighted by atomic mass is 9.89. The quantitative estimate of drug-likeness (QED) is 0.690. The molecule has 2 aliphatic heterocycles. The molecule has 1 aromatic rings. The molecular formula is C14H18O3. The van der Waals surface area contributed by atoms with Crippen LogP contribution in [0, 0.1) is 13.8 Å². The molecule has 0 aliphatic carbocycles. The van der Waals surface area contributed by atoms with E-state index < -0.39 is 0 Å². The van der Waals surface area contributed by atoms with E-state index in [0.717, 1.165) is 35.7 Å². The van der Waals surface area contributed by atoms with E-state index in [1.807, 2.05) is 6.92 Å². The van der Waals surface area contributed by atoms with Crippen molar-refractivity contribution in [2.24, 2.45) is 0 Å². The lowest BCUT2D eigenvalue weighted by Crippen LogP contribution is -2.33. The second-order valence-corrected chi connectivity index (χ2v) is 5.48. The largest absolute Gasteiger partial charge is 0.487 e. The second-order valence-electron chi connectivity index (χ2n) is 5.48. The molecule has 2 heterocycles. The molecule has 0 amide bonds. The minimum absolute atomic E-state index is 0.0854. The predicted molar refractivity (Wildman–Crippen MR) is 65.1 cm³/mol. The Balaban J connectivity index is 2.21. The third-order valence-electron chi connectivity index (χ3n) is 3.72. The van der Waals surface area contributed by atoms with Crippen molar-refractivity contribution in [3.8, 4) is 17.2 Å². The normalized spacial score (nSPS) is 19.8. The molecule has 3 nitrogen and oxygen atoms in total. The number of ether oxygens (including phenoxy) is 3. The number of hydrogen-bond acceptors (Lipinski definition) is 3. The molecular weight excluding hydrogens is 216 g/mol. The van der Waals surface area contributed by atoms with Crippen molar-refractivity contribution in [3.05, 3.63) is 16.7 Å². The van der Waals surface area contributed by atoms with Crippen molar-refractivity contribution < 1.29 is 14.2 Å². The van der Waals surface area contributed by atoms with E-state index in [-0.39, 0.29) is 5.60 Å². The average Bonchev–Trinajstić information content (AvgIpc) is 2.74. The predicted octanol–water partition coefficient (Wildman–Crippen LogP) is 3.14. The highest BCUT2D eigenvalue weighted by molar-refractivity contribution is 5.63. The first-order valence-electron chi connectivity index (χ1n) is 6.10. The average molecular weight is 234 g/mol. The monoisotopic (exact) mass is 234 g/mol. The Morgan fingerprint density at radius 1 is 0.941 bits per heavy atom. The van der Waals surface area contributed by atoms with Gasteiger partial charge in [-0.3, -0.25) is 0 Å². The van der Waals surface area contributed by atoms with Crippen molar-refractivity contribution in [1.82, 2.24) is 0 Å². The summed E-state index contributed by atoms with van der Waals surface area (Å²) in [4.78, 5) is 0. The van der Waals surface area contributed by atoms with Crippen molar-refractivity contribution in [1.29, 1.82) is 0 Å². The van der Waals surface area contributed by atoms with Crippen molar-refractivity contribution in [2.75, 3.05) is 6.79 Å². The summed E-state index contributed by atoms with van der Waals surface area (Å²) in [5.74, 6) is 2.77. The van der Waals surface area contributed by atoms with E-state index in [4.69, 9.17) is 14.2 Å². The highest BCUT2D eigenvalue weighted by Gasteiger charge is 2.33. The van der Waals surface area contributed by atoms with Crippen LogP contribution >= 0.6 is 0 Å². The van der Waals surface area contributed by atoms with Gasteiger partial charge in [-0.15, -0.1) is 0 Å². The van der Waals surface area contributed by atoms with Crippen LogP contribution in [0.15, 0.2) is 0 Å². The van der Waals surface area contributed by atoms with E-state index in [1.54, 1.807) is 0 Å². The van der Waals surface area contributed by atoms with E-state index in [0.29, 0.717) is 6.79 Å². The molecule has 0 radical (unpaired) electrons. The first-order valence-corrected chi connectivity index (χ1v) is 6.10. The van der Waals surface area contributed by atoms with Crippen LogP contribution in [-0.2, 0) is 6.42 Å². The zero-order chi connectivity index (χ0) is 12.2. The molecule has 1 aromatic carbocycles. The summed E-state index contributed by atoms with van der Waals surface area (Å²) in [6, 6.07) is 0. The molecule has 0 unspecified atom stereocenters. The van der Waals surface area contributed by atoms with Gasteiger partial charge in [0.25, 0.3) is 0 Å². The Hall–Kier alpha value is -1.38. The van der Waals surface area contributed by atoms with E-state index >= 15 is 0 Å². The van der Waals surface area contributed by atoms with Crippen molar-refractivity contribution in [3.63, 3.8) is 0 Å². The second kappa shape index (κ2) is 3.31. The molecule has 0 bridgehead atoms. The Morgan fingerprint density at radius 2 is 1.59 bits per heavy atom. The molecule has 3 heteroatoms. The smallest absolute Gasteiger partial charge is 0.231 e. The Kier molecular flexibility index (Phi) is 2.09. The summed E-state index contributed by atoms with van der Waals surface area (Å²) >= 11 is 0. The molecule has 17 heavy (non-hydrogen) atoms. The Labute approximate surface area is 102 Å². The number of fused-ring (bicyclic) bond motifs is 2. The number of hydrogen-bond donors (Lipinski definition) is 0. The third kappa shape index (κ3) is 1.48. The summed E-state index contributed by atoms with van der Waals surface area (Å²) in [5, 5.41) is 0. The molecule has 0 spiro atoms. The highest BCUT2D eigenvalue weighted by Crippen LogP contribution is 2.49. The van der Waals surface area contributed by atoms with Crippen LogP contribution in [0.25, 0.3) is 0 Å². The van der Waals surface area contributed by atoms with Crippen LogP contribution in [-0.4, -0.2) is 12.4 Å². The maximum atomic E-state index is 6.12. The first-order chi connectivity index (χ1) is 7.99. The van der Waals surface area contributed by atoms with Gasteiger partial charge in [0.15, 0.2) is 11.5 Å². The molecule has 92 valence electrons. The Morgan fingerprint density at radius 3 is 2.29 bits per heavy atom. The standard InChI is InChI=1S/C14H18O3/c1-8-10-5-6-14(3,4)17-11(10)9(2)13-12(8)15-7-16-13/h5-7H2,1-4H3. The van der Waals surface area contributed by atoms with Crippen molar-refractivity contribution >= 4 is 0 Å². The first kappa shape index (κ1) is 10.8. The lowest BCUT2D eigenvalue weighted by Gasteiger charge is -2.34. The molecule has 3 rings (SSSR count). The van der Waals surface area contributed by atoms with Crippen molar-refractivity contribution in [2.45, 2.75) is 46.1 Å². The zero-order valence-electron chi connectivity index (χ0n) is 10.8. The van der Waals surface area contributed by atoms with Crippen LogP contribution in [0.4, 0.5) is 0 Å². The molecule has 0 aromatic heterocycles. The number of rotatable bonds is 0. The number of benzene rings is 1. The van der Waals surface area contributed by atoms with Gasteiger partial charge in [-0.1, -0.05) is 0 Å². The highest BCUT2D eigenvalue weighted by atomic mass is 16.7. The summed E-state index contributed by atoms with van der Waals surface area (Å²) < 4.78 is 17.2. The summed E-state index contributed by atoms with van der Waals surface area (Å²) in [6.07, 6.45) is 2.09. The summed E-state index contributed by atoms with van der Waals surface area (Å²) in [7, 11) is 0. The van der Waals surface area contributed by atoms with Crippen LogP contribution in [0.3, 0.4) is 0 Å². The van der Waals surface area contributed by atoms with E-state index in [9.17, 15) is 0 Å². The fraction of sp³-hybridized carbons (Fsp3) is 0.571. The molecule has 0 atom stereocenters. The van der Waals surface area contributed by atoms with Crippen LogP contribution in [0.5, 0.6) is 17.2 Å². The fourth-order valence-corrected chi connectivity index (χ4v) is 2.66. The van der Waals surface area contributed by atoms with Gasteiger partial charge in [-0.2, -0.15) is 0 Å². The van der Waals surface area contributed by atoms with Crippen LogP contribution in [0.2, 0.25) is 0 Å². The lowest BCUT2D eigenvalue weighted by molar-refractivity contribution is 0.0831. The van der Waals surface area contributed by atoms with Gasteiger partial charge in [0.05, 0.1) is 0 Å². The molecule has 0 saturated heterocycles.